The van der Waals surface area contributed by atoms with E-state index >= 15 is 0 Å². The lowest BCUT2D eigenvalue weighted by Gasteiger charge is -2.40. The zero-order valence-electron chi connectivity index (χ0n) is 7.67. The molecular weight excluding hydrogens is 156 g/mol. The summed E-state index contributed by atoms with van der Waals surface area (Å²) >= 11 is 0. The standard InChI is InChI=1S/C9H16O3/c1-8(2)7-9(11,3-5-10)4-6-12-8/h5,11H,3-4,6-7H2,1-2H3. The first kappa shape index (κ1) is 9.68. The minimum atomic E-state index is -0.830. The van der Waals surface area contributed by atoms with E-state index in [0.717, 1.165) is 6.29 Å². The van der Waals surface area contributed by atoms with Gasteiger partial charge in [-0.05, 0) is 13.8 Å². The average molecular weight is 172 g/mol. The highest BCUT2D eigenvalue weighted by atomic mass is 16.5. The van der Waals surface area contributed by atoms with Crippen molar-refractivity contribution in [2.75, 3.05) is 6.61 Å². The van der Waals surface area contributed by atoms with Crippen LogP contribution in [0.5, 0.6) is 0 Å². The fourth-order valence-electron chi connectivity index (χ4n) is 1.78. The quantitative estimate of drug-likeness (QED) is 0.629. The van der Waals surface area contributed by atoms with Crippen molar-refractivity contribution in [2.45, 2.75) is 44.3 Å². The van der Waals surface area contributed by atoms with Crippen LogP contribution in [0.2, 0.25) is 0 Å². The Hall–Kier alpha value is -0.410. The smallest absolute Gasteiger partial charge is 0.122 e. The van der Waals surface area contributed by atoms with Gasteiger partial charge in [0.25, 0.3) is 0 Å². The van der Waals surface area contributed by atoms with Crippen molar-refractivity contribution in [3.05, 3.63) is 0 Å². The Kier molecular flexibility index (Phi) is 2.54. The third kappa shape index (κ3) is 2.29. The molecule has 0 aliphatic carbocycles. The van der Waals surface area contributed by atoms with Crippen LogP contribution in [0.4, 0.5) is 0 Å². The number of carbonyl (C=O) groups excluding carboxylic acids is 1. The molecule has 1 atom stereocenters. The summed E-state index contributed by atoms with van der Waals surface area (Å²) in [5.41, 5.74) is -1.13. The van der Waals surface area contributed by atoms with Crippen molar-refractivity contribution in [3.8, 4) is 0 Å². The van der Waals surface area contributed by atoms with E-state index in [4.69, 9.17) is 4.74 Å². The lowest BCUT2D eigenvalue weighted by atomic mass is 9.82. The molecule has 70 valence electrons. The summed E-state index contributed by atoms with van der Waals surface area (Å²) in [5, 5.41) is 9.90. The molecule has 0 aromatic carbocycles. The topological polar surface area (TPSA) is 46.5 Å². The highest BCUT2D eigenvalue weighted by Crippen LogP contribution is 2.33. The lowest BCUT2D eigenvalue weighted by Crippen LogP contribution is -2.45. The van der Waals surface area contributed by atoms with Gasteiger partial charge in [-0.15, -0.1) is 0 Å². The molecule has 0 radical (unpaired) electrons. The van der Waals surface area contributed by atoms with Gasteiger partial charge in [0.15, 0.2) is 0 Å². The van der Waals surface area contributed by atoms with Gasteiger partial charge in [0.2, 0.25) is 0 Å². The molecule has 3 heteroatoms. The van der Waals surface area contributed by atoms with E-state index in [1.807, 2.05) is 13.8 Å². The van der Waals surface area contributed by atoms with Gasteiger partial charge >= 0.3 is 0 Å². The maximum absolute atomic E-state index is 10.3. The van der Waals surface area contributed by atoms with Gasteiger partial charge in [-0.2, -0.15) is 0 Å². The molecule has 1 N–H and O–H groups in total. The fourth-order valence-corrected chi connectivity index (χ4v) is 1.78. The first-order valence-electron chi connectivity index (χ1n) is 4.27. The Morgan fingerprint density at radius 2 is 2.25 bits per heavy atom. The summed E-state index contributed by atoms with van der Waals surface area (Å²) < 4.78 is 5.43. The summed E-state index contributed by atoms with van der Waals surface area (Å²) in [5.74, 6) is 0. The van der Waals surface area contributed by atoms with E-state index < -0.39 is 5.60 Å². The molecule has 1 rings (SSSR count). The molecule has 1 saturated heterocycles. The second-order valence-electron chi connectivity index (χ2n) is 4.13. The summed E-state index contributed by atoms with van der Waals surface area (Å²) in [6, 6.07) is 0. The molecule has 0 spiro atoms. The number of aldehydes is 1. The molecule has 1 aliphatic rings. The van der Waals surface area contributed by atoms with E-state index in [9.17, 15) is 9.90 Å². The highest BCUT2D eigenvalue weighted by Gasteiger charge is 2.38. The maximum atomic E-state index is 10.3. The molecule has 0 saturated carbocycles. The zero-order valence-corrected chi connectivity index (χ0v) is 7.67. The minimum Gasteiger partial charge on any atom is -0.389 e. The maximum Gasteiger partial charge on any atom is 0.122 e. The van der Waals surface area contributed by atoms with E-state index in [2.05, 4.69) is 0 Å². The van der Waals surface area contributed by atoms with E-state index in [0.29, 0.717) is 19.4 Å². The fraction of sp³-hybridized carbons (Fsp3) is 0.889. The van der Waals surface area contributed by atoms with Crippen molar-refractivity contribution in [2.24, 2.45) is 0 Å². The predicted octanol–water partition coefficient (Wildman–Crippen LogP) is 0.895. The van der Waals surface area contributed by atoms with Crippen LogP contribution in [-0.4, -0.2) is 29.2 Å². The second kappa shape index (κ2) is 3.15. The summed E-state index contributed by atoms with van der Waals surface area (Å²) in [7, 11) is 0. The van der Waals surface area contributed by atoms with Crippen LogP contribution in [0.1, 0.15) is 33.1 Å². The molecule has 1 heterocycles. The van der Waals surface area contributed by atoms with Gasteiger partial charge in [0.05, 0.1) is 17.8 Å². The van der Waals surface area contributed by atoms with Crippen molar-refractivity contribution in [1.82, 2.24) is 0 Å². The third-order valence-electron chi connectivity index (χ3n) is 2.28. The summed E-state index contributed by atoms with van der Waals surface area (Å²) in [4.78, 5) is 10.3. The van der Waals surface area contributed by atoms with Gasteiger partial charge in [0, 0.05) is 19.3 Å². The summed E-state index contributed by atoms with van der Waals surface area (Å²) in [6.07, 6.45) is 2.11. The number of ether oxygens (including phenoxy) is 1. The number of hydrogen-bond donors (Lipinski definition) is 1. The van der Waals surface area contributed by atoms with Crippen LogP contribution in [-0.2, 0) is 9.53 Å². The van der Waals surface area contributed by atoms with Gasteiger partial charge in [-0.1, -0.05) is 0 Å². The Balaban J connectivity index is 2.60. The molecule has 1 fully saturated rings. The van der Waals surface area contributed by atoms with E-state index in [1.54, 1.807) is 0 Å². The van der Waals surface area contributed by atoms with Crippen molar-refractivity contribution in [1.29, 1.82) is 0 Å². The minimum absolute atomic E-state index is 0.222. The monoisotopic (exact) mass is 172 g/mol. The number of rotatable bonds is 2. The van der Waals surface area contributed by atoms with Crippen LogP contribution in [0.25, 0.3) is 0 Å². The molecule has 0 bridgehead atoms. The van der Waals surface area contributed by atoms with E-state index in [-0.39, 0.29) is 12.0 Å². The van der Waals surface area contributed by atoms with E-state index in [1.165, 1.54) is 0 Å². The molecule has 1 aliphatic heterocycles. The SMILES string of the molecule is CC1(C)CC(O)(CC=O)CCO1. The average Bonchev–Trinajstić information content (AvgIpc) is 1.83. The third-order valence-corrected chi connectivity index (χ3v) is 2.28. The Labute approximate surface area is 72.7 Å². The molecule has 12 heavy (non-hydrogen) atoms. The van der Waals surface area contributed by atoms with Crippen LogP contribution >= 0.6 is 0 Å². The first-order chi connectivity index (χ1) is 5.47. The van der Waals surface area contributed by atoms with Crippen LogP contribution < -0.4 is 0 Å². The van der Waals surface area contributed by atoms with Gasteiger partial charge in [-0.3, -0.25) is 0 Å². The van der Waals surface area contributed by atoms with Gasteiger partial charge < -0.3 is 14.6 Å². The number of aliphatic hydroxyl groups is 1. The van der Waals surface area contributed by atoms with Gasteiger partial charge in [-0.25, -0.2) is 0 Å². The molecular formula is C9H16O3. The van der Waals surface area contributed by atoms with Crippen LogP contribution in [0.3, 0.4) is 0 Å². The van der Waals surface area contributed by atoms with Crippen molar-refractivity contribution >= 4 is 6.29 Å². The molecule has 0 amide bonds. The second-order valence-corrected chi connectivity index (χ2v) is 4.13. The number of carbonyl (C=O) groups is 1. The van der Waals surface area contributed by atoms with Crippen molar-refractivity contribution in [3.63, 3.8) is 0 Å². The van der Waals surface area contributed by atoms with Crippen LogP contribution in [0, 0.1) is 0 Å². The molecule has 3 nitrogen and oxygen atoms in total. The first-order valence-corrected chi connectivity index (χ1v) is 4.27. The Bertz CT molecular complexity index is 177. The normalized spacial score (nSPS) is 34.6. The van der Waals surface area contributed by atoms with Crippen LogP contribution in [0.15, 0.2) is 0 Å². The largest absolute Gasteiger partial charge is 0.389 e. The highest BCUT2D eigenvalue weighted by molar-refractivity contribution is 5.51. The zero-order chi connectivity index (χ0) is 9.24. The Morgan fingerprint density at radius 1 is 1.58 bits per heavy atom. The molecule has 0 aromatic rings. The van der Waals surface area contributed by atoms with Crippen molar-refractivity contribution < 1.29 is 14.6 Å². The van der Waals surface area contributed by atoms with Gasteiger partial charge in [0.1, 0.15) is 6.29 Å². The molecule has 0 aromatic heterocycles. The predicted molar refractivity (Wildman–Crippen MR) is 44.9 cm³/mol. The Morgan fingerprint density at radius 3 is 2.75 bits per heavy atom. The number of hydrogen-bond acceptors (Lipinski definition) is 3. The molecule has 1 unspecified atom stereocenters. The lowest BCUT2D eigenvalue weighted by molar-refractivity contribution is -0.149. The summed E-state index contributed by atoms with van der Waals surface area (Å²) in [6.45, 7) is 4.40.